The van der Waals surface area contributed by atoms with Crippen LogP contribution in [0, 0.1) is 16.7 Å². The predicted octanol–water partition coefficient (Wildman–Crippen LogP) is 2.76. The first-order valence-electron chi connectivity index (χ1n) is 7.01. The first-order chi connectivity index (χ1) is 9.34. The fourth-order valence-corrected chi connectivity index (χ4v) is 3.91. The fraction of sp³-hybridized carbons (Fsp3) is 0.600. The molecule has 0 amide bonds. The van der Waals surface area contributed by atoms with Gasteiger partial charge in [0.1, 0.15) is 10.5 Å². The third-order valence-electron chi connectivity index (χ3n) is 5.32. The average Bonchev–Trinajstić information content (AvgIpc) is 2.74. The summed E-state index contributed by atoms with van der Waals surface area (Å²) in [5.74, 6) is 1.39. The number of hydrogen-bond donors (Lipinski definition) is 2. The van der Waals surface area contributed by atoms with E-state index in [1.54, 1.807) is 0 Å². The van der Waals surface area contributed by atoms with Crippen molar-refractivity contribution < 1.29 is 0 Å². The van der Waals surface area contributed by atoms with Crippen molar-refractivity contribution in [3.8, 4) is 0 Å². The van der Waals surface area contributed by atoms with E-state index < -0.39 is 0 Å². The molecule has 0 saturated heterocycles. The van der Waals surface area contributed by atoms with Crippen LogP contribution in [-0.4, -0.2) is 16.5 Å². The molecule has 1 aliphatic carbocycles. The number of hydrogen-bond acceptors (Lipinski definition) is 4. The molecule has 2 N–H and O–H groups in total. The van der Waals surface area contributed by atoms with Crippen LogP contribution < -0.4 is 10.9 Å². The van der Waals surface area contributed by atoms with Crippen LogP contribution in [0.5, 0.6) is 0 Å². The standard InChI is InChI=1S/C15H21N3OS/c1-14(2)10(15(14,3)4)7-16-8-11-17-9-5-6-20-12(9)13(19)18-11/h5-6,10,16H,7-8H2,1-4H3,(H,17,18,19). The predicted molar refractivity (Wildman–Crippen MR) is 83.0 cm³/mol. The molecule has 1 saturated carbocycles. The van der Waals surface area contributed by atoms with E-state index in [1.165, 1.54) is 11.3 Å². The van der Waals surface area contributed by atoms with Gasteiger partial charge in [-0.2, -0.15) is 0 Å². The van der Waals surface area contributed by atoms with E-state index in [4.69, 9.17) is 0 Å². The summed E-state index contributed by atoms with van der Waals surface area (Å²) >= 11 is 1.43. The van der Waals surface area contributed by atoms with E-state index in [0.717, 1.165) is 17.9 Å². The number of aromatic amines is 1. The van der Waals surface area contributed by atoms with Crippen LogP contribution >= 0.6 is 11.3 Å². The van der Waals surface area contributed by atoms with Crippen molar-refractivity contribution in [2.45, 2.75) is 34.2 Å². The Kier molecular flexibility index (Phi) is 3.03. The molecular weight excluding hydrogens is 270 g/mol. The molecule has 3 rings (SSSR count). The molecule has 1 fully saturated rings. The van der Waals surface area contributed by atoms with E-state index in [2.05, 4.69) is 43.0 Å². The van der Waals surface area contributed by atoms with Crippen molar-refractivity contribution in [3.63, 3.8) is 0 Å². The maximum absolute atomic E-state index is 11.9. The van der Waals surface area contributed by atoms with Crippen LogP contribution in [0.25, 0.3) is 10.2 Å². The van der Waals surface area contributed by atoms with Crippen LogP contribution in [0.1, 0.15) is 33.5 Å². The molecule has 0 aliphatic heterocycles. The molecule has 0 spiro atoms. The van der Waals surface area contributed by atoms with E-state index in [0.29, 0.717) is 28.0 Å². The molecule has 0 atom stereocenters. The molecule has 2 heterocycles. The van der Waals surface area contributed by atoms with Gasteiger partial charge in [-0.25, -0.2) is 4.98 Å². The fourth-order valence-electron chi connectivity index (χ4n) is 3.18. The largest absolute Gasteiger partial charge is 0.310 e. The Hall–Kier alpha value is -1.20. The Balaban J connectivity index is 1.65. The quantitative estimate of drug-likeness (QED) is 0.910. The topological polar surface area (TPSA) is 57.8 Å². The smallest absolute Gasteiger partial charge is 0.268 e. The Labute approximate surface area is 122 Å². The van der Waals surface area contributed by atoms with Crippen LogP contribution in [0.2, 0.25) is 0 Å². The van der Waals surface area contributed by atoms with E-state index >= 15 is 0 Å². The van der Waals surface area contributed by atoms with Crippen molar-refractivity contribution in [2.75, 3.05) is 6.54 Å². The number of nitrogens with one attached hydrogen (secondary N) is 2. The number of nitrogens with zero attached hydrogens (tertiary/aromatic N) is 1. The Morgan fingerprint density at radius 2 is 2.05 bits per heavy atom. The van der Waals surface area contributed by atoms with Crippen LogP contribution in [0.3, 0.4) is 0 Å². The van der Waals surface area contributed by atoms with Crippen molar-refractivity contribution in [1.82, 2.24) is 15.3 Å². The normalized spacial score (nSPS) is 20.4. The van der Waals surface area contributed by atoms with Gasteiger partial charge >= 0.3 is 0 Å². The summed E-state index contributed by atoms with van der Waals surface area (Å²) < 4.78 is 0.707. The van der Waals surface area contributed by atoms with E-state index in [9.17, 15) is 4.79 Å². The Bertz CT molecular complexity index is 684. The van der Waals surface area contributed by atoms with Gasteiger partial charge in [0.2, 0.25) is 0 Å². The summed E-state index contributed by atoms with van der Waals surface area (Å²) in [4.78, 5) is 19.2. The molecule has 5 heteroatoms. The van der Waals surface area contributed by atoms with Crippen molar-refractivity contribution >= 4 is 21.6 Å². The van der Waals surface area contributed by atoms with Gasteiger partial charge in [0, 0.05) is 0 Å². The lowest BCUT2D eigenvalue weighted by atomic mass is 10.0. The zero-order chi connectivity index (χ0) is 14.5. The highest BCUT2D eigenvalue weighted by molar-refractivity contribution is 7.17. The summed E-state index contributed by atoms with van der Waals surface area (Å²) in [5, 5.41) is 5.33. The average molecular weight is 291 g/mol. The summed E-state index contributed by atoms with van der Waals surface area (Å²) in [6, 6.07) is 1.89. The van der Waals surface area contributed by atoms with Crippen LogP contribution in [0.15, 0.2) is 16.2 Å². The Morgan fingerprint density at radius 3 is 2.70 bits per heavy atom. The van der Waals surface area contributed by atoms with Crippen molar-refractivity contribution in [3.05, 3.63) is 27.6 Å². The molecule has 0 aromatic carbocycles. The number of fused-ring (bicyclic) bond motifs is 1. The third-order valence-corrected chi connectivity index (χ3v) is 6.23. The Morgan fingerprint density at radius 1 is 1.35 bits per heavy atom. The lowest BCUT2D eigenvalue weighted by Crippen LogP contribution is -2.22. The molecule has 0 unspecified atom stereocenters. The summed E-state index contributed by atoms with van der Waals surface area (Å²) in [7, 11) is 0. The molecule has 2 aromatic rings. The molecule has 0 radical (unpaired) electrons. The van der Waals surface area contributed by atoms with Gasteiger partial charge < -0.3 is 10.3 Å². The lowest BCUT2D eigenvalue weighted by molar-refractivity contribution is 0.457. The van der Waals surface area contributed by atoms with E-state index in [1.807, 2.05) is 11.4 Å². The van der Waals surface area contributed by atoms with Gasteiger partial charge in [0.05, 0.1) is 12.1 Å². The number of H-pyrrole nitrogens is 1. The zero-order valence-corrected chi connectivity index (χ0v) is 13.2. The maximum Gasteiger partial charge on any atom is 0.268 e. The lowest BCUT2D eigenvalue weighted by Gasteiger charge is -2.05. The second kappa shape index (κ2) is 4.40. The highest BCUT2D eigenvalue weighted by Crippen LogP contribution is 2.67. The van der Waals surface area contributed by atoms with Crippen LogP contribution in [0.4, 0.5) is 0 Å². The third kappa shape index (κ3) is 2.00. The van der Waals surface area contributed by atoms with Gasteiger partial charge in [0.15, 0.2) is 0 Å². The maximum atomic E-state index is 11.9. The molecule has 4 nitrogen and oxygen atoms in total. The minimum absolute atomic E-state index is 0.0334. The van der Waals surface area contributed by atoms with Gasteiger partial charge in [-0.05, 0) is 34.7 Å². The van der Waals surface area contributed by atoms with Crippen molar-refractivity contribution in [1.29, 1.82) is 0 Å². The molecule has 0 bridgehead atoms. The second-order valence-electron chi connectivity index (χ2n) is 6.77. The number of aromatic nitrogens is 2. The summed E-state index contributed by atoms with van der Waals surface area (Å²) in [6.07, 6.45) is 0. The molecule has 2 aromatic heterocycles. The van der Waals surface area contributed by atoms with Gasteiger partial charge in [-0.15, -0.1) is 11.3 Å². The molecule has 1 aliphatic rings. The highest BCUT2D eigenvalue weighted by Gasteiger charge is 2.63. The second-order valence-corrected chi connectivity index (χ2v) is 7.69. The zero-order valence-electron chi connectivity index (χ0n) is 12.4. The first kappa shape index (κ1) is 13.8. The SMILES string of the molecule is CC1(C)C(CNCc2nc3ccsc3c(=O)[nH]2)C1(C)C. The molecule has 20 heavy (non-hydrogen) atoms. The summed E-state index contributed by atoms with van der Waals surface area (Å²) in [5.41, 5.74) is 1.53. The molecular formula is C15H21N3OS. The van der Waals surface area contributed by atoms with E-state index in [-0.39, 0.29) is 5.56 Å². The number of rotatable bonds is 4. The first-order valence-corrected chi connectivity index (χ1v) is 7.89. The van der Waals surface area contributed by atoms with Gasteiger partial charge in [-0.3, -0.25) is 4.79 Å². The minimum Gasteiger partial charge on any atom is -0.310 e. The highest BCUT2D eigenvalue weighted by atomic mass is 32.1. The molecule has 108 valence electrons. The van der Waals surface area contributed by atoms with Crippen molar-refractivity contribution in [2.24, 2.45) is 16.7 Å². The summed E-state index contributed by atoms with van der Waals surface area (Å²) in [6.45, 7) is 10.8. The minimum atomic E-state index is -0.0334. The van der Waals surface area contributed by atoms with Gasteiger partial charge in [0.25, 0.3) is 5.56 Å². The van der Waals surface area contributed by atoms with Gasteiger partial charge in [-0.1, -0.05) is 27.7 Å². The van der Waals surface area contributed by atoms with Crippen LogP contribution in [-0.2, 0) is 6.54 Å². The number of thiophene rings is 1. The monoisotopic (exact) mass is 291 g/mol.